The molecule has 0 aromatic heterocycles. The Hall–Kier alpha value is -2.97. The number of hydrogen-bond acceptors (Lipinski definition) is 4. The Labute approximate surface area is 225 Å². The Kier molecular flexibility index (Phi) is 10.1. The molecule has 3 amide bonds. The lowest BCUT2D eigenvalue weighted by molar-refractivity contribution is 0.0386. The summed E-state index contributed by atoms with van der Waals surface area (Å²) in [6, 6.07) is 14.1. The Morgan fingerprint density at radius 2 is 1.74 bits per heavy atom. The highest BCUT2D eigenvalue weighted by Crippen LogP contribution is 2.23. The van der Waals surface area contributed by atoms with Gasteiger partial charge in [0.05, 0.1) is 13.2 Å². The van der Waals surface area contributed by atoms with Gasteiger partial charge in [-0.3, -0.25) is 4.79 Å². The number of benzene rings is 2. The van der Waals surface area contributed by atoms with E-state index < -0.39 is 0 Å². The molecule has 1 N–H and O–H groups in total. The molecule has 0 bridgehead atoms. The van der Waals surface area contributed by atoms with Gasteiger partial charge in [0.1, 0.15) is 5.82 Å². The Morgan fingerprint density at radius 3 is 2.42 bits per heavy atom. The zero-order valence-corrected chi connectivity index (χ0v) is 22.7. The van der Waals surface area contributed by atoms with Crippen molar-refractivity contribution in [3.05, 3.63) is 65.5 Å². The second-order valence-corrected chi connectivity index (χ2v) is 10.5. The van der Waals surface area contributed by atoms with Crippen LogP contribution in [0, 0.1) is 11.7 Å². The van der Waals surface area contributed by atoms with E-state index in [1.807, 2.05) is 28.0 Å². The summed E-state index contributed by atoms with van der Waals surface area (Å²) in [6.07, 6.45) is 4.04. The highest BCUT2D eigenvalue weighted by Gasteiger charge is 2.28. The average Bonchev–Trinajstić information content (AvgIpc) is 2.94. The maximum Gasteiger partial charge on any atom is 0.320 e. The van der Waals surface area contributed by atoms with Crippen LogP contribution in [0.1, 0.15) is 49.0 Å². The van der Waals surface area contributed by atoms with E-state index >= 15 is 0 Å². The molecular weight excluding hydrogens is 483 g/mol. The molecular formula is C30H41FN4O3. The van der Waals surface area contributed by atoms with E-state index in [1.165, 1.54) is 29.8 Å². The molecule has 206 valence electrons. The van der Waals surface area contributed by atoms with E-state index in [2.05, 4.69) is 30.1 Å². The topological polar surface area (TPSA) is 65.1 Å². The number of nitrogens with zero attached hydrogens (tertiary/aromatic N) is 3. The Balaban J connectivity index is 1.29. The van der Waals surface area contributed by atoms with Gasteiger partial charge >= 0.3 is 6.03 Å². The average molecular weight is 525 g/mol. The molecule has 0 radical (unpaired) electrons. The number of carbonyl (C=O) groups is 2. The summed E-state index contributed by atoms with van der Waals surface area (Å²) < 4.78 is 18.6. The van der Waals surface area contributed by atoms with Gasteiger partial charge in [-0.2, -0.15) is 0 Å². The predicted molar refractivity (Wildman–Crippen MR) is 148 cm³/mol. The number of nitrogens with one attached hydrogen (secondary N) is 1. The SMILES string of the molecule is CCCN(CC1CCN(C(=O)N2CCOCC2)CC1)[C@@H](C)Cc1cccc(NC(=O)c2ccc(F)cc2)c1. The minimum Gasteiger partial charge on any atom is -0.378 e. The lowest BCUT2D eigenvalue weighted by Gasteiger charge is -2.39. The second-order valence-electron chi connectivity index (χ2n) is 10.5. The van der Waals surface area contributed by atoms with E-state index in [1.54, 1.807) is 0 Å². The van der Waals surface area contributed by atoms with Gasteiger partial charge in [-0.15, -0.1) is 0 Å². The first-order chi connectivity index (χ1) is 18.4. The molecule has 2 aliphatic rings. The molecule has 2 aromatic carbocycles. The van der Waals surface area contributed by atoms with Gasteiger partial charge in [0.25, 0.3) is 5.91 Å². The summed E-state index contributed by atoms with van der Waals surface area (Å²) in [7, 11) is 0. The molecule has 7 nitrogen and oxygen atoms in total. The molecule has 8 heteroatoms. The van der Waals surface area contributed by atoms with Crippen LogP contribution in [-0.4, -0.2) is 85.2 Å². The number of rotatable bonds is 9. The van der Waals surface area contributed by atoms with Crippen LogP contribution >= 0.6 is 0 Å². The molecule has 0 unspecified atom stereocenters. The first kappa shape index (κ1) is 28.0. The van der Waals surface area contributed by atoms with Gasteiger partial charge in [-0.25, -0.2) is 9.18 Å². The first-order valence-electron chi connectivity index (χ1n) is 13.9. The molecule has 38 heavy (non-hydrogen) atoms. The maximum atomic E-state index is 13.2. The number of halogens is 1. The van der Waals surface area contributed by atoms with Crippen LogP contribution in [0.15, 0.2) is 48.5 Å². The van der Waals surface area contributed by atoms with Gasteiger partial charge in [0.2, 0.25) is 0 Å². The fourth-order valence-corrected chi connectivity index (χ4v) is 5.42. The summed E-state index contributed by atoms with van der Waals surface area (Å²) in [4.78, 5) is 31.9. The molecule has 2 aromatic rings. The summed E-state index contributed by atoms with van der Waals surface area (Å²) >= 11 is 0. The maximum absolute atomic E-state index is 13.2. The largest absolute Gasteiger partial charge is 0.378 e. The van der Waals surface area contributed by atoms with Crippen molar-refractivity contribution in [3.8, 4) is 0 Å². The minimum atomic E-state index is -0.360. The summed E-state index contributed by atoms with van der Waals surface area (Å²) in [5.74, 6) is -0.0264. The van der Waals surface area contributed by atoms with Crippen molar-refractivity contribution in [2.45, 2.75) is 45.6 Å². The van der Waals surface area contributed by atoms with Crippen molar-refractivity contribution in [3.63, 3.8) is 0 Å². The van der Waals surface area contributed by atoms with Crippen LogP contribution in [-0.2, 0) is 11.2 Å². The van der Waals surface area contributed by atoms with Crippen LogP contribution in [0.25, 0.3) is 0 Å². The van der Waals surface area contributed by atoms with E-state index in [-0.39, 0.29) is 17.8 Å². The van der Waals surface area contributed by atoms with E-state index in [0.717, 1.165) is 57.5 Å². The normalized spacial score (nSPS) is 17.5. The number of carbonyl (C=O) groups excluding carboxylic acids is 2. The van der Waals surface area contributed by atoms with Gasteiger partial charge in [0.15, 0.2) is 0 Å². The van der Waals surface area contributed by atoms with Crippen molar-refractivity contribution in [2.24, 2.45) is 5.92 Å². The number of amides is 3. The van der Waals surface area contributed by atoms with Crippen LogP contribution < -0.4 is 5.32 Å². The van der Waals surface area contributed by atoms with Crippen molar-refractivity contribution in [1.29, 1.82) is 0 Å². The number of ether oxygens (including phenoxy) is 1. The van der Waals surface area contributed by atoms with Crippen molar-refractivity contribution in [1.82, 2.24) is 14.7 Å². The van der Waals surface area contributed by atoms with E-state index in [0.29, 0.717) is 43.8 Å². The third-order valence-corrected chi connectivity index (χ3v) is 7.62. The van der Waals surface area contributed by atoms with Crippen molar-refractivity contribution >= 4 is 17.6 Å². The van der Waals surface area contributed by atoms with E-state index in [9.17, 15) is 14.0 Å². The predicted octanol–water partition coefficient (Wildman–Crippen LogP) is 4.89. The number of hydrogen-bond donors (Lipinski definition) is 1. The fourth-order valence-electron chi connectivity index (χ4n) is 5.42. The van der Waals surface area contributed by atoms with E-state index in [4.69, 9.17) is 4.74 Å². The first-order valence-corrected chi connectivity index (χ1v) is 13.9. The highest BCUT2D eigenvalue weighted by atomic mass is 19.1. The third-order valence-electron chi connectivity index (χ3n) is 7.62. The molecule has 4 rings (SSSR count). The zero-order chi connectivity index (χ0) is 26.9. The van der Waals surface area contributed by atoms with Crippen LogP contribution in [0.2, 0.25) is 0 Å². The summed E-state index contributed by atoms with van der Waals surface area (Å²) in [5.41, 5.74) is 2.33. The molecule has 2 fully saturated rings. The zero-order valence-electron chi connectivity index (χ0n) is 22.7. The van der Waals surface area contributed by atoms with Gasteiger partial charge in [0, 0.05) is 50.0 Å². The lowest BCUT2D eigenvalue weighted by atomic mass is 9.95. The third kappa shape index (κ3) is 7.77. The van der Waals surface area contributed by atoms with Crippen LogP contribution in [0.4, 0.5) is 14.9 Å². The smallest absolute Gasteiger partial charge is 0.320 e. The monoisotopic (exact) mass is 524 g/mol. The van der Waals surface area contributed by atoms with Crippen LogP contribution in [0.3, 0.4) is 0 Å². The van der Waals surface area contributed by atoms with Gasteiger partial charge in [-0.05, 0) is 87.0 Å². The Bertz CT molecular complexity index is 1050. The van der Waals surface area contributed by atoms with Crippen molar-refractivity contribution < 1.29 is 18.7 Å². The van der Waals surface area contributed by atoms with Crippen LogP contribution in [0.5, 0.6) is 0 Å². The molecule has 2 aliphatic heterocycles. The second kappa shape index (κ2) is 13.7. The molecule has 1 atom stereocenters. The minimum absolute atomic E-state index is 0.164. The summed E-state index contributed by atoms with van der Waals surface area (Å²) in [5, 5.41) is 2.93. The van der Waals surface area contributed by atoms with Gasteiger partial charge < -0.3 is 24.8 Å². The number of piperidine rings is 1. The highest BCUT2D eigenvalue weighted by molar-refractivity contribution is 6.04. The standard InChI is InChI=1S/C30H41FN4O3/c1-3-13-35(22-24-11-14-33(15-12-24)30(37)34-16-18-38-19-17-34)23(2)20-25-5-4-6-28(21-25)32-29(36)26-7-9-27(31)10-8-26/h4-10,21,23-24H,3,11-20,22H2,1-2H3,(H,32,36)/t23-/m0/s1. The lowest BCUT2D eigenvalue weighted by Crippen LogP contribution is -2.51. The quantitative estimate of drug-likeness (QED) is 0.508. The molecule has 0 saturated carbocycles. The Morgan fingerprint density at radius 1 is 1.05 bits per heavy atom. The number of morpholine rings is 1. The number of urea groups is 1. The fraction of sp³-hybridized carbons (Fsp3) is 0.533. The molecule has 2 saturated heterocycles. The molecule has 0 spiro atoms. The molecule has 0 aliphatic carbocycles. The van der Waals surface area contributed by atoms with Gasteiger partial charge in [-0.1, -0.05) is 19.1 Å². The molecule has 2 heterocycles. The van der Waals surface area contributed by atoms with Crippen molar-refractivity contribution in [2.75, 3.05) is 57.8 Å². The number of likely N-dealkylation sites (tertiary alicyclic amines) is 1. The number of anilines is 1. The summed E-state index contributed by atoms with van der Waals surface area (Å²) in [6.45, 7) is 10.9.